The highest BCUT2D eigenvalue weighted by atomic mass is 35.5. The third kappa shape index (κ3) is 2.68. The maximum absolute atomic E-state index is 11.7. The van der Waals surface area contributed by atoms with E-state index in [2.05, 4.69) is 16.0 Å². The molecule has 1 aliphatic heterocycles. The number of hydrogen-bond donors (Lipinski definition) is 0. The number of carbonyl (C=O) groups excluding carboxylic acids is 1. The van der Waals surface area contributed by atoms with E-state index in [9.17, 15) is 4.79 Å². The first-order chi connectivity index (χ1) is 10.2. The van der Waals surface area contributed by atoms with Crippen LogP contribution < -0.4 is 4.90 Å². The van der Waals surface area contributed by atoms with Crippen LogP contribution in [0.1, 0.15) is 29.6 Å². The van der Waals surface area contributed by atoms with Gasteiger partial charge in [-0.15, -0.1) is 0 Å². The lowest BCUT2D eigenvalue weighted by atomic mass is 10.1. The van der Waals surface area contributed by atoms with E-state index in [1.807, 2.05) is 12.1 Å². The van der Waals surface area contributed by atoms with Gasteiger partial charge in [0, 0.05) is 30.4 Å². The Labute approximate surface area is 128 Å². The molecule has 1 fully saturated rings. The van der Waals surface area contributed by atoms with Crippen LogP contribution in [0.25, 0.3) is 10.9 Å². The molecule has 0 N–H and O–H groups in total. The topological polar surface area (TPSA) is 42.4 Å². The fourth-order valence-corrected chi connectivity index (χ4v) is 3.03. The molecule has 0 amide bonds. The number of piperidine rings is 1. The van der Waals surface area contributed by atoms with Crippen LogP contribution >= 0.6 is 11.6 Å². The van der Waals surface area contributed by atoms with Crippen molar-refractivity contribution in [2.45, 2.75) is 19.3 Å². The van der Waals surface area contributed by atoms with Crippen LogP contribution in [0.3, 0.4) is 0 Å². The maximum Gasteiger partial charge on any atom is 0.340 e. The lowest BCUT2D eigenvalue weighted by molar-refractivity contribution is 0.0600. The van der Waals surface area contributed by atoms with Crippen molar-refractivity contribution in [2.75, 3.05) is 25.1 Å². The second-order valence-corrected chi connectivity index (χ2v) is 5.60. The summed E-state index contributed by atoms with van der Waals surface area (Å²) in [5.74, 6) is -0.460. The van der Waals surface area contributed by atoms with E-state index in [-0.39, 0.29) is 0 Å². The minimum Gasteiger partial charge on any atom is -0.465 e. The van der Waals surface area contributed by atoms with Crippen molar-refractivity contribution in [2.24, 2.45) is 0 Å². The lowest BCUT2D eigenvalue weighted by Gasteiger charge is -2.29. The minimum absolute atomic E-state index is 0.308. The number of esters is 1. The summed E-state index contributed by atoms with van der Waals surface area (Å²) >= 11 is 6.37. The molecule has 0 radical (unpaired) electrons. The van der Waals surface area contributed by atoms with Gasteiger partial charge in [0.1, 0.15) is 0 Å². The molecular weight excluding hydrogens is 288 g/mol. The first-order valence-corrected chi connectivity index (χ1v) is 7.50. The number of fused-ring (bicyclic) bond motifs is 1. The second-order valence-electron chi connectivity index (χ2n) is 5.23. The number of methoxy groups -OCH3 is 1. The zero-order valence-corrected chi connectivity index (χ0v) is 12.7. The molecule has 5 heteroatoms. The van der Waals surface area contributed by atoms with Crippen molar-refractivity contribution in [3.05, 3.63) is 35.0 Å². The molecule has 1 aromatic carbocycles. The number of rotatable bonds is 2. The summed E-state index contributed by atoms with van der Waals surface area (Å²) < 4.78 is 4.74. The van der Waals surface area contributed by atoms with E-state index in [0.29, 0.717) is 10.6 Å². The van der Waals surface area contributed by atoms with E-state index < -0.39 is 5.97 Å². The van der Waals surface area contributed by atoms with Gasteiger partial charge in [-0.25, -0.2) is 4.79 Å². The molecule has 0 saturated carbocycles. The number of nitrogens with zero attached hydrogens (tertiary/aromatic N) is 2. The molecule has 1 aliphatic rings. The van der Waals surface area contributed by atoms with Crippen LogP contribution in [0, 0.1) is 0 Å². The van der Waals surface area contributed by atoms with Crippen LogP contribution in [0.4, 0.5) is 5.69 Å². The summed E-state index contributed by atoms with van der Waals surface area (Å²) in [5.41, 5.74) is 2.23. The fourth-order valence-electron chi connectivity index (χ4n) is 2.75. The van der Waals surface area contributed by atoms with Gasteiger partial charge in [0.15, 0.2) is 0 Å². The molecule has 1 saturated heterocycles. The highest BCUT2D eigenvalue weighted by molar-refractivity contribution is 6.38. The van der Waals surface area contributed by atoms with Crippen LogP contribution in [0.15, 0.2) is 24.4 Å². The molecule has 0 bridgehead atoms. The van der Waals surface area contributed by atoms with E-state index in [0.717, 1.165) is 29.7 Å². The average Bonchev–Trinajstić information content (AvgIpc) is 2.55. The van der Waals surface area contributed by atoms with Crippen molar-refractivity contribution in [1.29, 1.82) is 0 Å². The van der Waals surface area contributed by atoms with Gasteiger partial charge >= 0.3 is 5.97 Å². The molecule has 3 rings (SSSR count). The average molecular weight is 305 g/mol. The van der Waals surface area contributed by atoms with Gasteiger partial charge < -0.3 is 9.64 Å². The summed E-state index contributed by atoms with van der Waals surface area (Å²) in [5, 5.41) is 1.20. The number of pyridine rings is 1. The van der Waals surface area contributed by atoms with Gasteiger partial charge in [-0.3, -0.25) is 4.98 Å². The Hall–Kier alpha value is -1.81. The SMILES string of the molecule is COC(=O)c1cnc2ccc(N3CCCCC3)cc2c1Cl. The quantitative estimate of drug-likeness (QED) is 0.794. The molecule has 110 valence electrons. The monoisotopic (exact) mass is 304 g/mol. The Bertz CT molecular complexity index is 681. The summed E-state index contributed by atoms with van der Waals surface area (Å²) in [6, 6.07) is 6.03. The molecule has 1 aromatic heterocycles. The Morgan fingerprint density at radius 2 is 2.05 bits per heavy atom. The summed E-state index contributed by atoms with van der Waals surface area (Å²) in [6.07, 6.45) is 5.19. The Balaban J connectivity index is 2.06. The van der Waals surface area contributed by atoms with E-state index >= 15 is 0 Å². The Kier molecular flexibility index (Phi) is 3.97. The van der Waals surface area contributed by atoms with Crippen LogP contribution in [0.5, 0.6) is 0 Å². The highest BCUT2D eigenvalue weighted by Crippen LogP contribution is 2.30. The van der Waals surface area contributed by atoms with Crippen molar-refractivity contribution < 1.29 is 9.53 Å². The number of halogens is 1. The van der Waals surface area contributed by atoms with Gasteiger partial charge in [-0.05, 0) is 37.5 Å². The summed E-state index contributed by atoms with van der Waals surface area (Å²) in [4.78, 5) is 18.4. The first-order valence-electron chi connectivity index (χ1n) is 7.12. The molecule has 0 spiro atoms. The summed E-state index contributed by atoms with van der Waals surface area (Å²) in [6.45, 7) is 2.13. The molecule has 4 nitrogen and oxygen atoms in total. The first kappa shape index (κ1) is 14.1. The standard InChI is InChI=1S/C16H17ClN2O2/c1-21-16(20)13-10-18-14-6-5-11(9-12(14)15(13)17)19-7-3-2-4-8-19/h5-6,9-10H,2-4,7-8H2,1H3. The smallest absolute Gasteiger partial charge is 0.340 e. The third-order valence-corrected chi connectivity index (χ3v) is 4.32. The Morgan fingerprint density at radius 3 is 2.76 bits per heavy atom. The van der Waals surface area contributed by atoms with Crippen molar-refractivity contribution in [3.63, 3.8) is 0 Å². The number of carbonyl (C=O) groups is 1. The summed E-state index contributed by atoms with van der Waals surface area (Å²) in [7, 11) is 1.34. The van der Waals surface area contributed by atoms with Crippen molar-refractivity contribution in [1.82, 2.24) is 4.98 Å². The number of benzene rings is 1. The van der Waals surface area contributed by atoms with E-state index in [4.69, 9.17) is 16.3 Å². The second kappa shape index (κ2) is 5.90. The predicted molar refractivity (Wildman–Crippen MR) is 84.2 cm³/mol. The fraction of sp³-hybridized carbons (Fsp3) is 0.375. The van der Waals surface area contributed by atoms with E-state index in [1.165, 1.54) is 32.6 Å². The highest BCUT2D eigenvalue weighted by Gasteiger charge is 2.16. The Morgan fingerprint density at radius 1 is 1.29 bits per heavy atom. The molecule has 2 aromatic rings. The lowest BCUT2D eigenvalue weighted by Crippen LogP contribution is -2.29. The van der Waals surface area contributed by atoms with Crippen molar-refractivity contribution >= 4 is 34.2 Å². The molecule has 0 unspecified atom stereocenters. The van der Waals surface area contributed by atoms with Crippen LogP contribution in [-0.4, -0.2) is 31.2 Å². The molecule has 0 atom stereocenters. The van der Waals surface area contributed by atoms with Gasteiger partial charge in [0.05, 0.1) is 23.2 Å². The zero-order valence-electron chi connectivity index (χ0n) is 11.9. The van der Waals surface area contributed by atoms with Gasteiger partial charge in [-0.1, -0.05) is 11.6 Å². The van der Waals surface area contributed by atoms with Crippen molar-refractivity contribution in [3.8, 4) is 0 Å². The molecule has 2 heterocycles. The molecule has 21 heavy (non-hydrogen) atoms. The number of aromatic nitrogens is 1. The number of hydrogen-bond acceptors (Lipinski definition) is 4. The van der Waals surface area contributed by atoms with Crippen LogP contribution in [-0.2, 0) is 4.74 Å². The van der Waals surface area contributed by atoms with Gasteiger partial charge in [-0.2, -0.15) is 0 Å². The number of anilines is 1. The molecular formula is C16H17ClN2O2. The van der Waals surface area contributed by atoms with Gasteiger partial charge in [0.2, 0.25) is 0 Å². The predicted octanol–water partition coefficient (Wildman–Crippen LogP) is 3.67. The maximum atomic E-state index is 11.7. The normalized spacial score (nSPS) is 15.2. The number of ether oxygens (including phenoxy) is 1. The van der Waals surface area contributed by atoms with Crippen LogP contribution in [0.2, 0.25) is 5.02 Å². The minimum atomic E-state index is -0.460. The van der Waals surface area contributed by atoms with Gasteiger partial charge in [0.25, 0.3) is 0 Å². The largest absolute Gasteiger partial charge is 0.465 e. The third-order valence-electron chi connectivity index (χ3n) is 3.91. The zero-order chi connectivity index (χ0) is 14.8. The van der Waals surface area contributed by atoms with E-state index in [1.54, 1.807) is 0 Å². The molecule has 0 aliphatic carbocycles.